The average molecular weight is 393 g/mol. The molecule has 0 aliphatic carbocycles. The van der Waals surface area contributed by atoms with E-state index in [4.69, 9.17) is 9.47 Å². The molecule has 1 heterocycles. The monoisotopic (exact) mass is 392 g/mol. The molecular weight excluding hydrogens is 356 g/mol. The Balaban J connectivity index is 2.09. The van der Waals surface area contributed by atoms with Crippen LogP contribution in [-0.4, -0.2) is 72.7 Å². The molecule has 1 fully saturated rings. The van der Waals surface area contributed by atoms with Crippen molar-refractivity contribution in [3.8, 4) is 0 Å². The minimum absolute atomic E-state index is 0.112. The van der Waals surface area contributed by atoms with Crippen molar-refractivity contribution >= 4 is 16.0 Å². The molecule has 0 atom stereocenters. The third-order valence-corrected chi connectivity index (χ3v) is 5.51. The maximum atomic E-state index is 11.3. The third-order valence-electron chi connectivity index (χ3n) is 4.10. The van der Waals surface area contributed by atoms with Gasteiger partial charge in [0.05, 0.1) is 5.75 Å². The largest absolute Gasteiger partial charge is 0.381 e. The zero-order valence-electron chi connectivity index (χ0n) is 16.3. The van der Waals surface area contributed by atoms with Gasteiger partial charge in [-0.25, -0.2) is 13.1 Å². The number of nitrogens with zero attached hydrogens (tertiary/aromatic N) is 1. The molecule has 0 amide bonds. The number of nitrogens with one attached hydrogen (secondary N) is 3. The van der Waals surface area contributed by atoms with Crippen LogP contribution in [-0.2, 0) is 19.5 Å². The number of rotatable bonds is 13. The highest BCUT2D eigenvalue weighted by molar-refractivity contribution is 7.89. The lowest BCUT2D eigenvalue weighted by Crippen LogP contribution is -2.39. The van der Waals surface area contributed by atoms with Crippen LogP contribution in [0.5, 0.6) is 0 Å². The van der Waals surface area contributed by atoms with Crippen LogP contribution in [0.1, 0.15) is 39.5 Å². The Labute approximate surface area is 158 Å². The molecule has 0 bridgehead atoms. The highest BCUT2D eigenvalue weighted by atomic mass is 32.2. The molecule has 26 heavy (non-hydrogen) atoms. The van der Waals surface area contributed by atoms with Gasteiger partial charge in [-0.15, -0.1) is 0 Å². The molecule has 8 nitrogen and oxygen atoms in total. The second-order valence-electron chi connectivity index (χ2n) is 6.32. The number of hydrogen-bond donors (Lipinski definition) is 3. The molecular formula is C17H36N4O4S. The van der Waals surface area contributed by atoms with Crippen molar-refractivity contribution in [2.45, 2.75) is 39.5 Å². The molecule has 0 aromatic heterocycles. The Hall–Kier alpha value is -0.900. The highest BCUT2D eigenvalue weighted by Gasteiger charge is 2.13. The van der Waals surface area contributed by atoms with Crippen LogP contribution in [0, 0.1) is 5.92 Å². The maximum Gasteiger partial charge on any atom is 0.211 e. The summed E-state index contributed by atoms with van der Waals surface area (Å²) < 4.78 is 36.3. The van der Waals surface area contributed by atoms with Crippen LogP contribution in [0.2, 0.25) is 0 Å². The molecule has 0 unspecified atom stereocenters. The fourth-order valence-corrected chi connectivity index (χ4v) is 3.15. The van der Waals surface area contributed by atoms with E-state index in [-0.39, 0.29) is 5.75 Å². The molecule has 1 rings (SSSR count). The third kappa shape index (κ3) is 11.7. The highest BCUT2D eigenvalue weighted by Crippen LogP contribution is 2.14. The predicted molar refractivity (Wildman–Crippen MR) is 105 cm³/mol. The molecule has 9 heteroatoms. The van der Waals surface area contributed by atoms with Crippen molar-refractivity contribution in [3.05, 3.63) is 0 Å². The van der Waals surface area contributed by atoms with Gasteiger partial charge in [-0.05, 0) is 45.4 Å². The first-order valence-corrected chi connectivity index (χ1v) is 11.4. The van der Waals surface area contributed by atoms with Gasteiger partial charge < -0.3 is 20.1 Å². The van der Waals surface area contributed by atoms with Crippen molar-refractivity contribution in [1.29, 1.82) is 0 Å². The molecule has 1 aliphatic rings. The molecule has 0 aromatic carbocycles. The minimum Gasteiger partial charge on any atom is -0.381 e. The SMILES string of the molecule is CCNC(=NCCCOCC1CCOCC1)NCCCNS(=O)(=O)CC. The average Bonchev–Trinajstić information content (AvgIpc) is 2.65. The van der Waals surface area contributed by atoms with Crippen LogP contribution in [0.15, 0.2) is 4.99 Å². The molecule has 1 aliphatic heterocycles. The summed E-state index contributed by atoms with van der Waals surface area (Å²) in [6.45, 7) is 9.48. The smallest absolute Gasteiger partial charge is 0.211 e. The summed E-state index contributed by atoms with van der Waals surface area (Å²) in [5, 5.41) is 6.41. The number of hydrogen-bond acceptors (Lipinski definition) is 5. The summed E-state index contributed by atoms with van der Waals surface area (Å²) in [5.41, 5.74) is 0. The van der Waals surface area contributed by atoms with E-state index in [0.29, 0.717) is 32.0 Å². The molecule has 1 saturated heterocycles. The van der Waals surface area contributed by atoms with Crippen LogP contribution in [0.4, 0.5) is 0 Å². The van der Waals surface area contributed by atoms with Gasteiger partial charge in [0.2, 0.25) is 10.0 Å². The quantitative estimate of drug-likeness (QED) is 0.242. The first-order chi connectivity index (χ1) is 12.6. The van der Waals surface area contributed by atoms with Gasteiger partial charge in [-0.3, -0.25) is 4.99 Å². The summed E-state index contributed by atoms with van der Waals surface area (Å²) in [4.78, 5) is 4.52. The van der Waals surface area contributed by atoms with Crippen LogP contribution < -0.4 is 15.4 Å². The van der Waals surface area contributed by atoms with Crippen molar-refractivity contribution in [2.24, 2.45) is 10.9 Å². The fourth-order valence-electron chi connectivity index (χ4n) is 2.49. The van der Waals surface area contributed by atoms with Crippen molar-refractivity contribution in [1.82, 2.24) is 15.4 Å². The van der Waals surface area contributed by atoms with E-state index in [1.807, 2.05) is 6.92 Å². The second kappa shape index (κ2) is 14.2. The number of guanidine groups is 1. The summed E-state index contributed by atoms with van der Waals surface area (Å²) in [7, 11) is -3.11. The summed E-state index contributed by atoms with van der Waals surface area (Å²) in [6, 6.07) is 0. The van der Waals surface area contributed by atoms with Gasteiger partial charge in [0.15, 0.2) is 5.96 Å². The summed E-state index contributed by atoms with van der Waals surface area (Å²) in [5.74, 6) is 1.51. The fraction of sp³-hybridized carbons (Fsp3) is 0.941. The van der Waals surface area contributed by atoms with Crippen LogP contribution >= 0.6 is 0 Å². The predicted octanol–water partition coefficient (Wildman–Crippen LogP) is 0.704. The Morgan fingerprint density at radius 3 is 2.62 bits per heavy atom. The van der Waals surface area contributed by atoms with E-state index in [9.17, 15) is 8.42 Å². The first kappa shape index (κ1) is 23.1. The Bertz CT molecular complexity index is 479. The molecule has 0 radical (unpaired) electrons. The van der Waals surface area contributed by atoms with Gasteiger partial charge in [0.1, 0.15) is 0 Å². The standard InChI is InChI=1S/C17H36N4O4S/c1-3-18-17(19-9-5-11-21-26(22,23)4-2)20-10-6-12-25-15-16-7-13-24-14-8-16/h16,21H,3-15H2,1-2H3,(H2,18,19,20). The van der Waals surface area contributed by atoms with E-state index in [1.54, 1.807) is 6.92 Å². The van der Waals surface area contributed by atoms with E-state index >= 15 is 0 Å². The lowest BCUT2D eigenvalue weighted by molar-refractivity contribution is 0.0205. The van der Waals surface area contributed by atoms with E-state index < -0.39 is 10.0 Å². The van der Waals surface area contributed by atoms with Gasteiger partial charge >= 0.3 is 0 Å². The Kier molecular flexibility index (Phi) is 12.6. The lowest BCUT2D eigenvalue weighted by atomic mass is 10.0. The number of aliphatic imine (C=N–C) groups is 1. The number of sulfonamides is 1. The number of ether oxygens (including phenoxy) is 2. The lowest BCUT2D eigenvalue weighted by Gasteiger charge is -2.21. The van der Waals surface area contributed by atoms with Crippen molar-refractivity contribution < 1.29 is 17.9 Å². The maximum absolute atomic E-state index is 11.3. The van der Waals surface area contributed by atoms with E-state index in [2.05, 4.69) is 20.3 Å². The zero-order valence-corrected chi connectivity index (χ0v) is 17.1. The van der Waals surface area contributed by atoms with Gasteiger partial charge in [-0.1, -0.05) is 0 Å². The van der Waals surface area contributed by atoms with Gasteiger partial charge in [0, 0.05) is 52.6 Å². The molecule has 0 spiro atoms. The van der Waals surface area contributed by atoms with Gasteiger partial charge in [0.25, 0.3) is 0 Å². The first-order valence-electron chi connectivity index (χ1n) is 9.72. The van der Waals surface area contributed by atoms with Crippen molar-refractivity contribution in [2.75, 3.05) is 58.4 Å². The molecule has 0 saturated carbocycles. The topological polar surface area (TPSA) is 101 Å². The summed E-state index contributed by atoms with van der Waals surface area (Å²) >= 11 is 0. The molecule has 0 aromatic rings. The van der Waals surface area contributed by atoms with Gasteiger partial charge in [-0.2, -0.15) is 0 Å². The molecule has 154 valence electrons. The molecule has 3 N–H and O–H groups in total. The van der Waals surface area contributed by atoms with Crippen molar-refractivity contribution in [3.63, 3.8) is 0 Å². The minimum atomic E-state index is -3.11. The van der Waals surface area contributed by atoms with E-state index in [0.717, 1.165) is 58.2 Å². The Morgan fingerprint density at radius 2 is 1.92 bits per heavy atom. The second-order valence-corrected chi connectivity index (χ2v) is 8.42. The normalized spacial score (nSPS) is 16.6. The van der Waals surface area contributed by atoms with E-state index in [1.165, 1.54) is 0 Å². The summed E-state index contributed by atoms with van der Waals surface area (Å²) in [6.07, 6.45) is 3.79. The zero-order chi connectivity index (χ0) is 19.1. The van der Waals surface area contributed by atoms with Crippen LogP contribution in [0.3, 0.4) is 0 Å². The Morgan fingerprint density at radius 1 is 1.15 bits per heavy atom. The van der Waals surface area contributed by atoms with Crippen LogP contribution in [0.25, 0.3) is 0 Å².